The van der Waals surface area contributed by atoms with Crippen LogP contribution in [-0.4, -0.2) is 163 Å². The van der Waals surface area contributed by atoms with Gasteiger partial charge in [0.05, 0.1) is 19.3 Å². The van der Waals surface area contributed by atoms with Gasteiger partial charge < -0.3 is 79.7 Å². The Morgan fingerprint density at radius 1 is 0.761 bits per heavy atom. The van der Waals surface area contributed by atoms with Gasteiger partial charge >= 0.3 is 12.1 Å². The molecule has 0 saturated carbocycles. The highest BCUT2D eigenvalue weighted by Crippen LogP contribution is 2.31. The lowest BCUT2D eigenvalue weighted by molar-refractivity contribution is -0.357. The molecule has 1 amide bonds. The highest BCUT2D eigenvalue weighted by molar-refractivity contribution is 5.94. The summed E-state index contributed by atoms with van der Waals surface area (Å²) in [6, 6.07) is 4.54. The molecule has 15 atom stereocenters. The molecule has 1 aromatic carbocycles. The van der Waals surface area contributed by atoms with Crippen LogP contribution in [0.15, 0.2) is 24.3 Å². The van der Waals surface area contributed by atoms with Crippen molar-refractivity contribution in [1.82, 2.24) is 0 Å². The molecule has 15 unspecified atom stereocenters. The summed E-state index contributed by atoms with van der Waals surface area (Å²) >= 11 is 0. The molecule has 0 spiro atoms. The summed E-state index contributed by atoms with van der Waals surface area (Å²) in [5.41, 5.74) is -0.197. The number of hydrogen-bond donors (Lipinski definition) is 10. The molecule has 3 saturated heterocycles. The molecule has 10 N–H and O–H groups in total. The van der Waals surface area contributed by atoms with Gasteiger partial charge in [-0.3, -0.25) is 4.79 Å². The highest BCUT2D eigenvalue weighted by atomic mass is 19.4. The summed E-state index contributed by atoms with van der Waals surface area (Å²) in [5.74, 6) is -2.20. The predicted molar refractivity (Wildman–Crippen MR) is 139 cm³/mol. The molecule has 3 heterocycles. The van der Waals surface area contributed by atoms with E-state index in [-0.39, 0.29) is 11.4 Å². The third-order valence-corrected chi connectivity index (χ3v) is 7.63. The number of aliphatic hydroxyl groups excluding tert-OH is 9. The SMILES string of the molecule is CC1OC(Oc2ccc(NC(=O)C(F)(F)F)cc2)C(O)C(O)C1OC1OC(COC2OC(CO)C(O)C(O)C2O)C(O)C(O)C1O. The number of ether oxygens (including phenoxy) is 6. The van der Waals surface area contributed by atoms with Crippen LogP contribution in [0.5, 0.6) is 5.75 Å². The second-order valence-electron chi connectivity index (χ2n) is 10.9. The first-order valence-corrected chi connectivity index (χ1v) is 14.0. The fourth-order valence-electron chi connectivity index (χ4n) is 4.96. The average Bonchev–Trinajstić information content (AvgIpc) is 3.01. The summed E-state index contributed by atoms with van der Waals surface area (Å²) in [5, 5.41) is 93.8. The quantitative estimate of drug-likeness (QED) is 0.120. The van der Waals surface area contributed by atoms with Crippen LogP contribution >= 0.6 is 0 Å². The normalized spacial score (nSPS) is 42.0. The van der Waals surface area contributed by atoms with Gasteiger partial charge in [-0.2, -0.15) is 13.2 Å². The van der Waals surface area contributed by atoms with E-state index in [1.54, 1.807) is 5.32 Å². The third kappa shape index (κ3) is 8.05. The minimum absolute atomic E-state index is 0.0155. The molecule has 3 fully saturated rings. The molecule has 46 heavy (non-hydrogen) atoms. The van der Waals surface area contributed by atoms with Crippen LogP contribution < -0.4 is 10.1 Å². The summed E-state index contributed by atoms with van der Waals surface area (Å²) in [6.07, 6.45) is -29.5. The molecule has 17 nitrogen and oxygen atoms in total. The van der Waals surface area contributed by atoms with E-state index in [4.69, 9.17) is 28.4 Å². The third-order valence-electron chi connectivity index (χ3n) is 7.63. The van der Waals surface area contributed by atoms with E-state index in [0.29, 0.717) is 0 Å². The van der Waals surface area contributed by atoms with Crippen molar-refractivity contribution in [3.8, 4) is 5.75 Å². The van der Waals surface area contributed by atoms with Crippen LogP contribution in [0.1, 0.15) is 6.92 Å². The van der Waals surface area contributed by atoms with E-state index in [9.17, 15) is 63.9 Å². The fourth-order valence-corrected chi connectivity index (χ4v) is 4.96. The zero-order valence-corrected chi connectivity index (χ0v) is 23.9. The topological polar surface area (TPSA) is 267 Å². The Morgan fingerprint density at radius 2 is 1.30 bits per heavy atom. The fraction of sp³-hybridized carbons (Fsp3) is 0.731. The molecule has 0 aromatic heterocycles. The highest BCUT2D eigenvalue weighted by Gasteiger charge is 2.51. The van der Waals surface area contributed by atoms with Crippen molar-refractivity contribution in [2.24, 2.45) is 0 Å². The first-order valence-electron chi connectivity index (χ1n) is 14.0. The van der Waals surface area contributed by atoms with Crippen molar-refractivity contribution in [2.45, 2.75) is 105 Å². The first kappa shape index (κ1) is 36.6. The lowest BCUT2D eigenvalue weighted by atomic mass is 9.97. The molecule has 0 bridgehead atoms. The van der Waals surface area contributed by atoms with E-state index in [1.807, 2.05) is 0 Å². The second kappa shape index (κ2) is 14.9. The van der Waals surface area contributed by atoms with Crippen LogP contribution in [0.25, 0.3) is 0 Å². The molecule has 262 valence electrons. The number of aliphatic hydroxyl groups is 9. The molecule has 20 heteroatoms. The number of nitrogens with one attached hydrogen (secondary N) is 1. The van der Waals surface area contributed by atoms with Gasteiger partial charge in [-0.05, 0) is 31.2 Å². The number of halogens is 3. The molecule has 3 aliphatic rings. The number of alkyl halides is 3. The summed E-state index contributed by atoms with van der Waals surface area (Å²) in [6.45, 7) is 0.0310. The van der Waals surface area contributed by atoms with Crippen molar-refractivity contribution in [3.63, 3.8) is 0 Å². The van der Waals surface area contributed by atoms with Gasteiger partial charge in [-0.15, -0.1) is 0 Å². The van der Waals surface area contributed by atoms with Gasteiger partial charge in [-0.1, -0.05) is 0 Å². The van der Waals surface area contributed by atoms with Gasteiger partial charge in [0.1, 0.15) is 72.9 Å². The molecule has 3 aliphatic heterocycles. The summed E-state index contributed by atoms with van der Waals surface area (Å²) < 4.78 is 70.2. The van der Waals surface area contributed by atoms with Gasteiger partial charge in [0.2, 0.25) is 6.29 Å². The number of hydrogen-bond acceptors (Lipinski definition) is 16. The number of benzene rings is 1. The van der Waals surface area contributed by atoms with Gasteiger partial charge in [0.15, 0.2) is 12.6 Å². The Morgan fingerprint density at radius 3 is 1.89 bits per heavy atom. The van der Waals surface area contributed by atoms with Crippen LogP contribution in [0.4, 0.5) is 18.9 Å². The maximum atomic E-state index is 12.5. The summed E-state index contributed by atoms with van der Waals surface area (Å²) in [4.78, 5) is 11.1. The molecule has 4 rings (SSSR count). The summed E-state index contributed by atoms with van der Waals surface area (Å²) in [7, 11) is 0. The monoisotopic (exact) mass is 675 g/mol. The Hall–Kier alpha value is -2.28. The van der Waals surface area contributed by atoms with Crippen molar-refractivity contribution in [1.29, 1.82) is 0 Å². The van der Waals surface area contributed by atoms with E-state index in [2.05, 4.69) is 0 Å². The largest absolute Gasteiger partial charge is 0.471 e. The maximum Gasteiger partial charge on any atom is 0.471 e. The first-order chi connectivity index (χ1) is 21.5. The Balaban J connectivity index is 1.35. The van der Waals surface area contributed by atoms with Gasteiger partial charge in [-0.25, -0.2) is 0 Å². The van der Waals surface area contributed by atoms with Crippen molar-refractivity contribution in [3.05, 3.63) is 24.3 Å². The van der Waals surface area contributed by atoms with Crippen molar-refractivity contribution in [2.75, 3.05) is 18.5 Å². The molecular weight excluding hydrogens is 639 g/mol. The average molecular weight is 676 g/mol. The van der Waals surface area contributed by atoms with Gasteiger partial charge in [0.25, 0.3) is 0 Å². The zero-order chi connectivity index (χ0) is 34.1. The Bertz CT molecular complexity index is 1150. The number of rotatable bonds is 9. The van der Waals surface area contributed by atoms with Crippen molar-refractivity contribution < 1.29 is 92.3 Å². The van der Waals surface area contributed by atoms with Crippen LogP contribution in [0.2, 0.25) is 0 Å². The van der Waals surface area contributed by atoms with Gasteiger partial charge in [0, 0.05) is 5.69 Å². The second-order valence-corrected chi connectivity index (χ2v) is 10.9. The smallest absolute Gasteiger partial charge is 0.462 e. The molecule has 0 aliphatic carbocycles. The van der Waals surface area contributed by atoms with Crippen LogP contribution in [0, 0.1) is 0 Å². The van der Waals surface area contributed by atoms with E-state index >= 15 is 0 Å². The maximum absolute atomic E-state index is 12.5. The van der Waals surface area contributed by atoms with Crippen molar-refractivity contribution >= 4 is 11.6 Å². The van der Waals surface area contributed by atoms with Crippen LogP contribution in [-0.2, 0) is 28.5 Å². The minimum atomic E-state index is -5.10. The van der Waals surface area contributed by atoms with Crippen LogP contribution in [0.3, 0.4) is 0 Å². The molecular formula is C26H36F3NO16. The number of amides is 1. The molecule has 0 radical (unpaired) electrons. The molecule has 1 aromatic rings. The Kier molecular flexibility index (Phi) is 11.8. The predicted octanol–water partition coefficient (Wildman–Crippen LogP) is -3.96. The standard InChI is InChI=1S/C26H36F3NO16/c1-8-21(17(36)20(39)23(42-8)43-10-4-2-9(3-5-10)30-25(40)26(27,28)29)46-24-19(38)16(35)14(33)12(45-24)7-41-22-18(37)15(34)13(32)11(6-31)44-22/h2-5,8,11-24,31-39H,6-7H2,1H3,(H,30,40). The van der Waals surface area contributed by atoms with E-state index in [0.717, 1.165) is 12.1 Å². The Labute approximate surface area is 258 Å². The number of carbonyl (C=O) groups excluding carboxylic acids is 1. The van der Waals surface area contributed by atoms with E-state index in [1.165, 1.54) is 19.1 Å². The zero-order valence-electron chi connectivity index (χ0n) is 23.9. The van der Waals surface area contributed by atoms with E-state index < -0.39 is 117 Å². The lowest BCUT2D eigenvalue weighted by Crippen LogP contribution is -2.64. The number of anilines is 1. The minimum Gasteiger partial charge on any atom is -0.462 e. The lowest BCUT2D eigenvalue weighted by Gasteiger charge is -2.46. The number of carbonyl (C=O) groups is 1.